The summed E-state index contributed by atoms with van der Waals surface area (Å²) in [7, 11) is 0. The van der Waals surface area contributed by atoms with Gasteiger partial charge >= 0.3 is 6.18 Å². The highest BCUT2D eigenvalue weighted by molar-refractivity contribution is 5.48. The normalized spacial score (nSPS) is 21.5. The molecule has 2 aliphatic heterocycles. The van der Waals surface area contributed by atoms with Gasteiger partial charge in [-0.2, -0.15) is 13.2 Å². The average Bonchev–Trinajstić information content (AvgIpc) is 3.00. The van der Waals surface area contributed by atoms with Crippen LogP contribution in [0.4, 0.5) is 19.0 Å². The van der Waals surface area contributed by atoms with Crippen LogP contribution in [0.25, 0.3) is 0 Å². The first kappa shape index (κ1) is 15.6. The minimum absolute atomic E-state index is 0.0922. The van der Waals surface area contributed by atoms with Gasteiger partial charge in [-0.15, -0.1) is 0 Å². The van der Waals surface area contributed by atoms with E-state index in [-0.39, 0.29) is 5.82 Å². The summed E-state index contributed by atoms with van der Waals surface area (Å²) in [5, 5.41) is 0. The molecule has 1 aromatic rings. The minimum Gasteiger partial charge on any atom is -0.356 e. The van der Waals surface area contributed by atoms with Crippen LogP contribution in [0, 0.1) is 5.92 Å². The summed E-state index contributed by atoms with van der Waals surface area (Å²) in [6.07, 6.45) is 1.56. The number of hydrogen-bond donors (Lipinski definition) is 0. The predicted molar refractivity (Wildman–Crippen MR) is 79.9 cm³/mol. The van der Waals surface area contributed by atoms with Gasteiger partial charge in [0, 0.05) is 25.8 Å². The highest BCUT2D eigenvalue weighted by atomic mass is 19.4. The topological polar surface area (TPSA) is 19.4 Å². The summed E-state index contributed by atoms with van der Waals surface area (Å²) in [5.74, 6) is 0.696. The van der Waals surface area contributed by atoms with Crippen LogP contribution in [0.1, 0.15) is 31.2 Å². The fraction of sp³-hybridized carbons (Fsp3) is 0.688. The molecule has 0 N–H and O–H groups in total. The molecule has 1 aromatic heterocycles. The van der Waals surface area contributed by atoms with Gasteiger partial charge in [0.15, 0.2) is 0 Å². The molecule has 0 saturated carbocycles. The zero-order valence-corrected chi connectivity index (χ0v) is 12.6. The molecule has 0 spiro atoms. The Morgan fingerprint density at radius 3 is 2.41 bits per heavy atom. The third-order valence-corrected chi connectivity index (χ3v) is 4.72. The van der Waals surface area contributed by atoms with Crippen LogP contribution in [0.15, 0.2) is 18.3 Å². The lowest BCUT2D eigenvalue weighted by molar-refractivity contribution is -0.137. The molecule has 122 valence electrons. The Balaban J connectivity index is 1.62. The van der Waals surface area contributed by atoms with Gasteiger partial charge in [0.25, 0.3) is 0 Å². The number of nitrogens with zero attached hydrogens (tertiary/aromatic N) is 3. The van der Waals surface area contributed by atoms with E-state index in [0.717, 1.165) is 25.5 Å². The summed E-state index contributed by atoms with van der Waals surface area (Å²) >= 11 is 0. The van der Waals surface area contributed by atoms with Gasteiger partial charge < -0.3 is 9.80 Å². The summed E-state index contributed by atoms with van der Waals surface area (Å²) in [4.78, 5) is 8.28. The first-order chi connectivity index (χ1) is 10.5. The van der Waals surface area contributed by atoms with Gasteiger partial charge in [0.05, 0.1) is 5.56 Å². The average molecular weight is 313 g/mol. The van der Waals surface area contributed by atoms with Crippen molar-refractivity contribution in [2.45, 2.75) is 31.9 Å². The van der Waals surface area contributed by atoms with Crippen molar-refractivity contribution >= 4 is 5.82 Å². The van der Waals surface area contributed by atoms with Crippen LogP contribution in [-0.4, -0.2) is 42.6 Å². The van der Waals surface area contributed by atoms with Gasteiger partial charge in [-0.3, -0.25) is 0 Å². The Morgan fingerprint density at radius 2 is 1.77 bits per heavy atom. The Kier molecular flexibility index (Phi) is 4.57. The highest BCUT2D eigenvalue weighted by Crippen LogP contribution is 2.36. The van der Waals surface area contributed by atoms with Gasteiger partial charge in [-0.25, -0.2) is 4.98 Å². The van der Waals surface area contributed by atoms with Crippen molar-refractivity contribution in [2.24, 2.45) is 5.92 Å². The highest BCUT2D eigenvalue weighted by Gasteiger charge is 2.36. The molecule has 0 bridgehead atoms. The number of halogens is 3. The van der Waals surface area contributed by atoms with Crippen LogP contribution in [0.3, 0.4) is 0 Å². The maximum Gasteiger partial charge on any atom is 0.419 e. The Labute approximate surface area is 129 Å². The van der Waals surface area contributed by atoms with Crippen LogP contribution in [0.5, 0.6) is 0 Å². The van der Waals surface area contributed by atoms with Crippen LogP contribution in [-0.2, 0) is 6.18 Å². The van der Waals surface area contributed by atoms with E-state index in [2.05, 4.69) is 9.88 Å². The Bertz CT molecular complexity index is 490. The van der Waals surface area contributed by atoms with Crippen molar-refractivity contribution < 1.29 is 13.2 Å². The van der Waals surface area contributed by atoms with Crippen LogP contribution >= 0.6 is 0 Å². The van der Waals surface area contributed by atoms with Crippen molar-refractivity contribution in [3.63, 3.8) is 0 Å². The van der Waals surface area contributed by atoms with E-state index in [0.29, 0.717) is 19.0 Å². The monoisotopic (exact) mass is 313 g/mol. The van der Waals surface area contributed by atoms with Gasteiger partial charge in [0.2, 0.25) is 0 Å². The van der Waals surface area contributed by atoms with E-state index in [1.807, 2.05) is 0 Å². The van der Waals surface area contributed by atoms with Crippen molar-refractivity contribution in [1.29, 1.82) is 0 Å². The predicted octanol–water partition coefficient (Wildman–Crippen LogP) is 3.41. The smallest absolute Gasteiger partial charge is 0.356 e. The molecule has 2 fully saturated rings. The largest absolute Gasteiger partial charge is 0.419 e. The van der Waals surface area contributed by atoms with E-state index >= 15 is 0 Å². The molecule has 22 heavy (non-hydrogen) atoms. The first-order valence-electron chi connectivity index (χ1n) is 8.03. The molecular formula is C16H22F3N3. The number of pyridine rings is 1. The number of likely N-dealkylation sites (tertiary alicyclic amines) is 1. The fourth-order valence-electron chi connectivity index (χ4n) is 3.53. The Morgan fingerprint density at radius 1 is 1.09 bits per heavy atom. The summed E-state index contributed by atoms with van der Waals surface area (Å²) < 4.78 is 39.2. The third-order valence-electron chi connectivity index (χ3n) is 4.72. The maximum absolute atomic E-state index is 13.1. The molecule has 0 atom stereocenters. The van der Waals surface area contributed by atoms with Gasteiger partial charge in [0.1, 0.15) is 5.82 Å². The number of aromatic nitrogens is 1. The zero-order valence-electron chi connectivity index (χ0n) is 12.6. The second-order valence-corrected chi connectivity index (χ2v) is 6.31. The lowest BCUT2D eigenvalue weighted by atomic mass is 9.96. The number of piperidine rings is 1. The molecule has 3 nitrogen and oxygen atoms in total. The standard InChI is InChI=1S/C16H22F3N3/c17-16(18,19)14-4-3-7-20-15(14)22-10-5-13(6-11-22)12-21-8-1-2-9-21/h3-4,7,13H,1-2,5-6,8-12H2. The third kappa shape index (κ3) is 3.54. The SMILES string of the molecule is FC(F)(F)c1cccnc1N1CCC(CN2CCCC2)CC1. The number of hydrogen-bond acceptors (Lipinski definition) is 3. The van der Waals surface area contributed by atoms with Gasteiger partial charge in [-0.1, -0.05) is 0 Å². The first-order valence-corrected chi connectivity index (χ1v) is 8.03. The summed E-state index contributed by atoms with van der Waals surface area (Å²) in [6, 6.07) is 2.48. The molecule has 3 heterocycles. The lowest BCUT2D eigenvalue weighted by Crippen LogP contribution is -2.39. The molecule has 0 aliphatic carbocycles. The maximum atomic E-state index is 13.1. The molecule has 3 rings (SSSR count). The second-order valence-electron chi connectivity index (χ2n) is 6.31. The van der Waals surface area contributed by atoms with E-state index in [4.69, 9.17) is 0 Å². The molecular weight excluding hydrogens is 291 g/mol. The number of rotatable bonds is 3. The van der Waals surface area contributed by atoms with Crippen molar-refractivity contribution in [2.75, 3.05) is 37.6 Å². The molecule has 0 aromatic carbocycles. The molecule has 6 heteroatoms. The molecule has 2 saturated heterocycles. The van der Waals surface area contributed by atoms with Crippen molar-refractivity contribution in [3.8, 4) is 0 Å². The fourth-order valence-corrected chi connectivity index (χ4v) is 3.53. The van der Waals surface area contributed by atoms with Crippen LogP contribution in [0.2, 0.25) is 0 Å². The molecule has 2 aliphatic rings. The lowest BCUT2D eigenvalue weighted by Gasteiger charge is -2.35. The molecule has 0 amide bonds. The quantitative estimate of drug-likeness (QED) is 0.852. The minimum atomic E-state index is -4.34. The van der Waals surface area contributed by atoms with E-state index < -0.39 is 11.7 Å². The van der Waals surface area contributed by atoms with Crippen molar-refractivity contribution in [3.05, 3.63) is 23.9 Å². The van der Waals surface area contributed by atoms with E-state index in [1.165, 1.54) is 38.2 Å². The number of anilines is 1. The summed E-state index contributed by atoms with van der Waals surface area (Å²) in [5.41, 5.74) is -0.618. The number of alkyl halides is 3. The van der Waals surface area contributed by atoms with Crippen molar-refractivity contribution in [1.82, 2.24) is 9.88 Å². The van der Waals surface area contributed by atoms with E-state index in [1.54, 1.807) is 4.90 Å². The van der Waals surface area contributed by atoms with E-state index in [9.17, 15) is 13.2 Å². The van der Waals surface area contributed by atoms with Crippen LogP contribution < -0.4 is 4.90 Å². The second kappa shape index (κ2) is 6.44. The summed E-state index contributed by atoms with van der Waals surface area (Å²) in [6.45, 7) is 4.79. The van der Waals surface area contributed by atoms with Gasteiger partial charge in [-0.05, 0) is 56.8 Å². The Hall–Kier alpha value is -1.30. The molecule has 0 radical (unpaired) electrons. The molecule has 0 unspecified atom stereocenters. The zero-order chi connectivity index (χ0) is 15.6.